The van der Waals surface area contributed by atoms with Crippen LogP contribution >= 0.6 is 0 Å². The number of hydrogen-bond acceptors (Lipinski definition) is 5. The molecule has 1 atom stereocenters. The molecule has 0 aromatic heterocycles. The summed E-state index contributed by atoms with van der Waals surface area (Å²) in [6, 6.07) is 5.57. The molecule has 0 aliphatic heterocycles. The highest BCUT2D eigenvalue weighted by atomic mass is 16.5. The lowest BCUT2D eigenvalue weighted by Crippen LogP contribution is -2.46. The smallest absolute Gasteiger partial charge is 0.337 e. The number of carbonyl (C=O) groups is 3. The lowest BCUT2D eigenvalue weighted by atomic mass is 10.2. The van der Waals surface area contributed by atoms with Crippen LogP contribution in [0.4, 0.5) is 0 Å². The maximum absolute atomic E-state index is 11.7. The van der Waals surface area contributed by atoms with E-state index in [0.717, 1.165) is 0 Å². The molecule has 120 valence electrons. The van der Waals surface area contributed by atoms with E-state index in [9.17, 15) is 14.4 Å². The fourth-order valence-electron chi connectivity index (χ4n) is 1.63. The zero-order chi connectivity index (χ0) is 16.5. The van der Waals surface area contributed by atoms with Crippen molar-refractivity contribution in [2.45, 2.75) is 19.9 Å². The van der Waals surface area contributed by atoms with Gasteiger partial charge in [0.1, 0.15) is 11.8 Å². The van der Waals surface area contributed by atoms with Crippen molar-refractivity contribution in [1.29, 1.82) is 0 Å². The van der Waals surface area contributed by atoms with Gasteiger partial charge in [0.15, 0.2) is 6.61 Å². The minimum absolute atomic E-state index is 0.221. The van der Waals surface area contributed by atoms with E-state index < -0.39 is 17.9 Å². The lowest BCUT2D eigenvalue weighted by molar-refractivity contribution is -0.129. The predicted molar refractivity (Wildman–Crippen MR) is 79.6 cm³/mol. The number of nitrogens with one attached hydrogen (secondary N) is 2. The molecule has 1 aromatic rings. The topological polar surface area (TPSA) is 93.7 Å². The van der Waals surface area contributed by atoms with E-state index in [1.807, 2.05) is 0 Å². The van der Waals surface area contributed by atoms with Crippen LogP contribution in [0.15, 0.2) is 24.3 Å². The third-order valence-electron chi connectivity index (χ3n) is 2.77. The highest BCUT2D eigenvalue weighted by molar-refractivity contribution is 5.89. The van der Waals surface area contributed by atoms with Crippen LogP contribution in [0.1, 0.15) is 24.2 Å². The van der Waals surface area contributed by atoms with Gasteiger partial charge in [-0.3, -0.25) is 9.59 Å². The summed E-state index contributed by atoms with van der Waals surface area (Å²) < 4.78 is 9.86. The number of carbonyl (C=O) groups excluding carboxylic acids is 3. The average Bonchev–Trinajstić information content (AvgIpc) is 2.52. The summed E-state index contributed by atoms with van der Waals surface area (Å²) in [7, 11) is 1.30. The monoisotopic (exact) mass is 308 g/mol. The number of ether oxygens (including phenoxy) is 2. The molecule has 2 amide bonds. The third-order valence-corrected chi connectivity index (χ3v) is 2.77. The van der Waals surface area contributed by atoms with Crippen molar-refractivity contribution in [3.63, 3.8) is 0 Å². The molecular formula is C15H20N2O5. The predicted octanol–water partition coefficient (Wildman–Crippen LogP) is 0.493. The van der Waals surface area contributed by atoms with Crippen molar-refractivity contribution in [3.05, 3.63) is 29.8 Å². The first-order valence-corrected chi connectivity index (χ1v) is 6.86. The number of benzene rings is 1. The van der Waals surface area contributed by atoms with E-state index >= 15 is 0 Å². The first-order valence-electron chi connectivity index (χ1n) is 6.86. The molecule has 0 bridgehead atoms. The number of likely N-dealkylation sites (N-methyl/N-ethyl adjacent to an activating group) is 1. The van der Waals surface area contributed by atoms with Crippen molar-refractivity contribution in [3.8, 4) is 5.75 Å². The second-order valence-corrected chi connectivity index (χ2v) is 4.49. The Bertz CT molecular complexity index is 527. The highest BCUT2D eigenvalue weighted by Crippen LogP contribution is 2.12. The summed E-state index contributed by atoms with van der Waals surface area (Å²) in [5.74, 6) is -0.664. The van der Waals surface area contributed by atoms with Crippen LogP contribution in [0, 0.1) is 0 Å². The molecule has 22 heavy (non-hydrogen) atoms. The van der Waals surface area contributed by atoms with Gasteiger partial charge in [-0.05, 0) is 38.1 Å². The van der Waals surface area contributed by atoms with Crippen LogP contribution in [0.25, 0.3) is 0 Å². The molecule has 0 aliphatic carbocycles. The van der Waals surface area contributed by atoms with E-state index in [1.165, 1.54) is 19.2 Å². The minimum atomic E-state index is -0.627. The van der Waals surface area contributed by atoms with Crippen molar-refractivity contribution < 1.29 is 23.9 Å². The first kappa shape index (κ1) is 17.5. The summed E-state index contributed by atoms with van der Waals surface area (Å²) in [5.41, 5.74) is 0.393. The maximum Gasteiger partial charge on any atom is 0.337 e. The van der Waals surface area contributed by atoms with E-state index in [2.05, 4.69) is 15.4 Å². The van der Waals surface area contributed by atoms with Gasteiger partial charge in [0.25, 0.3) is 5.91 Å². The molecular weight excluding hydrogens is 288 g/mol. The van der Waals surface area contributed by atoms with Crippen LogP contribution in [-0.2, 0) is 14.3 Å². The van der Waals surface area contributed by atoms with Gasteiger partial charge in [-0.1, -0.05) is 0 Å². The number of methoxy groups -OCH3 is 1. The second-order valence-electron chi connectivity index (χ2n) is 4.49. The summed E-state index contributed by atoms with van der Waals surface area (Å²) in [6.45, 7) is 3.67. The Hall–Kier alpha value is -2.57. The molecule has 1 aromatic carbocycles. The Balaban J connectivity index is 2.44. The fraction of sp³-hybridized carbons (Fsp3) is 0.400. The average molecular weight is 308 g/mol. The van der Waals surface area contributed by atoms with Gasteiger partial charge in [0, 0.05) is 6.54 Å². The molecule has 0 radical (unpaired) electrons. The van der Waals surface area contributed by atoms with Crippen LogP contribution in [0.5, 0.6) is 5.75 Å². The summed E-state index contributed by atoms with van der Waals surface area (Å²) in [4.78, 5) is 34.4. The number of amides is 2. The van der Waals surface area contributed by atoms with Gasteiger partial charge in [0.2, 0.25) is 5.91 Å². The molecule has 0 saturated carbocycles. The molecule has 0 fully saturated rings. The summed E-state index contributed by atoms with van der Waals surface area (Å²) >= 11 is 0. The van der Waals surface area contributed by atoms with Gasteiger partial charge in [0.05, 0.1) is 12.7 Å². The summed E-state index contributed by atoms with van der Waals surface area (Å²) in [5, 5.41) is 5.13. The standard InChI is InChI=1S/C15H20N2O5/c1-4-16-14(19)10(2)17-13(18)9-22-12-7-5-11(6-8-12)15(20)21-3/h5-8,10H,4,9H2,1-3H3,(H,16,19)(H,17,18)/t10-/m0/s1. The van der Waals surface area contributed by atoms with E-state index in [-0.39, 0.29) is 12.5 Å². The molecule has 1 rings (SSSR count). The Kier molecular flexibility index (Phi) is 6.88. The molecule has 0 spiro atoms. The molecule has 0 heterocycles. The van der Waals surface area contributed by atoms with Crippen molar-refractivity contribution in [1.82, 2.24) is 10.6 Å². The molecule has 0 saturated heterocycles. The van der Waals surface area contributed by atoms with Crippen molar-refractivity contribution in [2.24, 2.45) is 0 Å². The molecule has 7 nitrogen and oxygen atoms in total. The number of esters is 1. The van der Waals surface area contributed by atoms with E-state index in [1.54, 1.807) is 26.0 Å². The first-order chi connectivity index (χ1) is 10.5. The summed E-state index contributed by atoms with van der Waals surface area (Å²) in [6.07, 6.45) is 0. The van der Waals surface area contributed by atoms with Crippen LogP contribution in [-0.4, -0.2) is 44.1 Å². The fourth-order valence-corrected chi connectivity index (χ4v) is 1.63. The second kappa shape index (κ2) is 8.66. The van der Waals surface area contributed by atoms with Gasteiger partial charge in [-0.2, -0.15) is 0 Å². The van der Waals surface area contributed by atoms with Gasteiger partial charge < -0.3 is 20.1 Å². The van der Waals surface area contributed by atoms with E-state index in [4.69, 9.17) is 4.74 Å². The van der Waals surface area contributed by atoms with Gasteiger partial charge in [-0.25, -0.2) is 4.79 Å². The Labute approximate surface area is 129 Å². The molecule has 7 heteroatoms. The van der Waals surface area contributed by atoms with Crippen molar-refractivity contribution in [2.75, 3.05) is 20.3 Å². The normalized spacial score (nSPS) is 11.2. The minimum Gasteiger partial charge on any atom is -0.484 e. The van der Waals surface area contributed by atoms with Crippen LogP contribution in [0.2, 0.25) is 0 Å². The molecule has 0 unspecified atom stereocenters. The zero-order valence-electron chi connectivity index (χ0n) is 12.8. The lowest BCUT2D eigenvalue weighted by Gasteiger charge is -2.13. The quantitative estimate of drug-likeness (QED) is 0.715. The van der Waals surface area contributed by atoms with Crippen LogP contribution in [0.3, 0.4) is 0 Å². The van der Waals surface area contributed by atoms with E-state index in [0.29, 0.717) is 17.9 Å². The SMILES string of the molecule is CCNC(=O)[C@H](C)NC(=O)COc1ccc(C(=O)OC)cc1. The number of rotatable bonds is 7. The highest BCUT2D eigenvalue weighted by Gasteiger charge is 2.14. The Morgan fingerprint density at radius 1 is 1.18 bits per heavy atom. The van der Waals surface area contributed by atoms with Gasteiger partial charge >= 0.3 is 5.97 Å². The number of hydrogen-bond donors (Lipinski definition) is 2. The molecule has 0 aliphatic rings. The maximum atomic E-state index is 11.7. The van der Waals surface area contributed by atoms with Crippen LogP contribution < -0.4 is 15.4 Å². The zero-order valence-corrected chi connectivity index (χ0v) is 12.8. The largest absolute Gasteiger partial charge is 0.484 e. The van der Waals surface area contributed by atoms with Gasteiger partial charge in [-0.15, -0.1) is 0 Å². The molecule has 2 N–H and O–H groups in total. The van der Waals surface area contributed by atoms with Crippen molar-refractivity contribution >= 4 is 17.8 Å². The Morgan fingerprint density at radius 2 is 1.82 bits per heavy atom. The Morgan fingerprint density at radius 3 is 2.36 bits per heavy atom. The third kappa shape index (κ3) is 5.43.